The Kier molecular flexibility index (Phi) is 6.22. The Morgan fingerprint density at radius 3 is 2.57 bits per heavy atom. The van der Waals surface area contributed by atoms with Gasteiger partial charge >= 0.3 is 12.1 Å². The fourth-order valence-corrected chi connectivity index (χ4v) is 3.41. The maximum absolute atomic E-state index is 12.7. The highest BCUT2D eigenvalue weighted by atomic mass is 35.5. The number of aliphatic carboxylic acids is 1. The number of carboxylic acid groups (broad SMARTS) is 1. The van der Waals surface area contributed by atoms with Crippen molar-refractivity contribution >= 4 is 29.4 Å². The molecule has 2 aromatic rings. The summed E-state index contributed by atoms with van der Waals surface area (Å²) in [6.07, 6.45) is 3.14. The standard InChI is InChI=1S/C22H25ClN2O5/c1-22(2,3)30-21(28)24-18-8-7-15(23)11-16(18)14-6-9-19(25(29)12-14)17(20(26)27)10-13-4-5-13/h6-9,11-13,17H,4-5,10H2,1-3H3,(H,24,28)(H,26,27). The van der Waals surface area contributed by atoms with Gasteiger partial charge in [-0.25, -0.2) is 4.79 Å². The Morgan fingerprint density at radius 1 is 1.30 bits per heavy atom. The molecule has 7 nitrogen and oxygen atoms in total. The second-order valence-corrected chi connectivity index (χ2v) is 8.99. The third kappa shape index (κ3) is 5.63. The van der Waals surface area contributed by atoms with E-state index in [9.17, 15) is 19.9 Å². The SMILES string of the molecule is CC(C)(C)OC(=O)Nc1ccc(Cl)cc1-c1ccc(C(CC2CC2)C(=O)O)[n+]([O-])c1. The number of aromatic nitrogens is 1. The lowest BCUT2D eigenvalue weighted by molar-refractivity contribution is -0.614. The number of nitrogens with zero attached hydrogens (tertiary/aromatic N) is 1. The molecule has 1 atom stereocenters. The van der Waals surface area contributed by atoms with E-state index in [4.69, 9.17) is 16.3 Å². The second-order valence-electron chi connectivity index (χ2n) is 8.56. The summed E-state index contributed by atoms with van der Waals surface area (Å²) in [6, 6.07) is 8.06. The minimum absolute atomic E-state index is 0.196. The van der Waals surface area contributed by atoms with Crippen molar-refractivity contribution in [2.45, 2.75) is 51.6 Å². The van der Waals surface area contributed by atoms with Crippen molar-refractivity contribution in [3.05, 3.63) is 52.5 Å². The minimum Gasteiger partial charge on any atom is -0.618 e. The van der Waals surface area contributed by atoms with Crippen LogP contribution < -0.4 is 10.0 Å². The van der Waals surface area contributed by atoms with E-state index in [1.807, 2.05) is 0 Å². The van der Waals surface area contributed by atoms with Gasteiger partial charge in [0.2, 0.25) is 5.69 Å². The average molecular weight is 433 g/mol. The molecule has 3 rings (SSSR count). The maximum atomic E-state index is 12.7. The molecule has 0 saturated heterocycles. The van der Waals surface area contributed by atoms with E-state index in [1.54, 1.807) is 45.0 Å². The summed E-state index contributed by atoms with van der Waals surface area (Å²) in [5, 5.41) is 25.3. The fraction of sp³-hybridized carbons (Fsp3) is 0.409. The lowest BCUT2D eigenvalue weighted by Crippen LogP contribution is -2.35. The van der Waals surface area contributed by atoms with Gasteiger partial charge in [0.15, 0.2) is 6.20 Å². The van der Waals surface area contributed by atoms with Gasteiger partial charge < -0.3 is 15.1 Å². The van der Waals surface area contributed by atoms with E-state index in [2.05, 4.69) is 5.32 Å². The topological polar surface area (TPSA) is 103 Å². The molecule has 0 aliphatic heterocycles. The largest absolute Gasteiger partial charge is 0.618 e. The highest BCUT2D eigenvalue weighted by Gasteiger charge is 2.34. The fourth-order valence-electron chi connectivity index (χ4n) is 3.23. The van der Waals surface area contributed by atoms with Gasteiger partial charge in [-0.15, -0.1) is 0 Å². The van der Waals surface area contributed by atoms with Gasteiger partial charge in [0.1, 0.15) is 11.5 Å². The molecule has 1 aliphatic carbocycles. The molecule has 30 heavy (non-hydrogen) atoms. The first kappa shape index (κ1) is 21.9. The van der Waals surface area contributed by atoms with Crippen molar-refractivity contribution in [3.63, 3.8) is 0 Å². The number of hydrogen-bond donors (Lipinski definition) is 2. The molecule has 1 aliphatic rings. The smallest absolute Gasteiger partial charge is 0.412 e. The van der Waals surface area contributed by atoms with Crippen LogP contribution in [-0.2, 0) is 9.53 Å². The zero-order chi connectivity index (χ0) is 22.1. The maximum Gasteiger partial charge on any atom is 0.412 e. The number of carbonyl (C=O) groups is 2. The lowest BCUT2D eigenvalue weighted by atomic mass is 9.96. The summed E-state index contributed by atoms with van der Waals surface area (Å²) in [5.41, 5.74) is 0.983. The molecule has 1 aromatic heterocycles. The van der Waals surface area contributed by atoms with Crippen molar-refractivity contribution in [3.8, 4) is 11.1 Å². The second kappa shape index (κ2) is 8.52. The number of rotatable bonds is 6. The molecule has 160 valence electrons. The quantitative estimate of drug-likeness (QED) is 0.496. The van der Waals surface area contributed by atoms with Crippen LogP contribution in [0.5, 0.6) is 0 Å². The number of hydrogen-bond acceptors (Lipinski definition) is 4. The lowest BCUT2D eigenvalue weighted by Gasteiger charge is -2.20. The highest BCUT2D eigenvalue weighted by Crippen LogP contribution is 2.38. The molecule has 1 aromatic carbocycles. The number of carbonyl (C=O) groups excluding carboxylic acids is 1. The number of amides is 1. The van der Waals surface area contributed by atoms with Crippen molar-refractivity contribution in [2.75, 3.05) is 5.32 Å². The molecule has 2 N–H and O–H groups in total. The third-order valence-corrected chi connectivity index (χ3v) is 5.03. The first-order valence-electron chi connectivity index (χ1n) is 9.79. The Labute approximate surface area is 180 Å². The summed E-state index contributed by atoms with van der Waals surface area (Å²) in [7, 11) is 0. The summed E-state index contributed by atoms with van der Waals surface area (Å²) in [4.78, 5) is 23.9. The molecular weight excluding hydrogens is 408 g/mol. The van der Waals surface area contributed by atoms with Crippen LogP contribution in [-0.4, -0.2) is 22.8 Å². The average Bonchev–Trinajstić information content (AvgIpc) is 3.44. The van der Waals surface area contributed by atoms with Crippen LogP contribution in [0.15, 0.2) is 36.5 Å². The summed E-state index contributed by atoms with van der Waals surface area (Å²) in [6.45, 7) is 5.28. The molecule has 1 fully saturated rings. The molecule has 0 radical (unpaired) electrons. The van der Waals surface area contributed by atoms with Crippen LogP contribution in [0.3, 0.4) is 0 Å². The van der Waals surface area contributed by atoms with Crippen molar-refractivity contribution in [1.82, 2.24) is 0 Å². The predicted molar refractivity (Wildman–Crippen MR) is 113 cm³/mol. The third-order valence-electron chi connectivity index (χ3n) is 4.79. The van der Waals surface area contributed by atoms with Crippen LogP contribution in [0.1, 0.15) is 51.6 Å². The Hall–Kier alpha value is -2.80. The Bertz CT molecular complexity index is 966. The number of halogens is 1. The Balaban J connectivity index is 1.91. The molecule has 1 amide bonds. The van der Waals surface area contributed by atoms with Gasteiger partial charge in [-0.05, 0) is 57.4 Å². The van der Waals surface area contributed by atoms with E-state index in [-0.39, 0.29) is 5.69 Å². The van der Waals surface area contributed by atoms with Gasteiger partial charge in [0, 0.05) is 22.2 Å². The van der Waals surface area contributed by atoms with Gasteiger partial charge in [-0.1, -0.05) is 24.4 Å². The Morgan fingerprint density at radius 2 is 2.00 bits per heavy atom. The molecule has 0 bridgehead atoms. The molecule has 1 heterocycles. The molecule has 1 saturated carbocycles. The van der Waals surface area contributed by atoms with E-state index in [1.165, 1.54) is 12.3 Å². The zero-order valence-electron chi connectivity index (χ0n) is 17.1. The van der Waals surface area contributed by atoms with Crippen LogP contribution in [0.2, 0.25) is 5.02 Å². The summed E-state index contributed by atoms with van der Waals surface area (Å²) >= 11 is 6.13. The van der Waals surface area contributed by atoms with E-state index in [0.29, 0.717) is 38.9 Å². The van der Waals surface area contributed by atoms with E-state index in [0.717, 1.165) is 12.8 Å². The first-order valence-corrected chi connectivity index (χ1v) is 10.2. The van der Waals surface area contributed by atoms with Crippen molar-refractivity contribution < 1.29 is 24.2 Å². The van der Waals surface area contributed by atoms with Crippen LogP contribution >= 0.6 is 11.6 Å². The van der Waals surface area contributed by atoms with Crippen LogP contribution in [0.4, 0.5) is 10.5 Å². The minimum atomic E-state index is -1.01. The number of pyridine rings is 1. The van der Waals surface area contributed by atoms with E-state index >= 15 is 0 Å². The molecule has 1 unspecified atom stereocenters. The van der Waals surface area contributed by atoms with Crippen molar-refractivity contribution in [2.24, 2.45) is 5.92 Å². The van der Waals surface area contributed by atoms with Gasteiger partial charge in [0.25, 0.3) is 0 Å². The molecule has 0 spiro atoms. The number of ether oxygens (including phenoxy) is 1. The predicted octanol–water partition coefficient (Wildman–Crippen LogP) is 4.96. The van der Waals surface area contributed by atoms with Gasteiger partial charge in [-0.2, -0.15) is 4.73 Å². The number of carboxylic acids is 1. The molecular formula is C22H25ClN2O5. The van der Waals surface area contributed by atoms with Gasteiger partial charge in [0.05, 0.1) is 5.69 Å². The monoisotopic (exact) mass is 432 g/mol. The number of nitrogens with one attached hydrogen (secondary N) is 1. The zero-order valence-corrected chi connectivity index (χ0v) is 17.9. The van der Waals surface area contributed by atoms with Crippen LogP contribution in [0, 0.1) is 11.1 Å². The highest BCUT2D eigenvalue weighted by molar-refractivity contribution is 6.31. The number of anilines is 1. The summed E-state index contributed by atoms with van der Waals surface area (Å²) in [5.74, 6) is -1.49. The van der Waals surface area contributed by atoms with E-state index < -0.39 is 23.6 Å². The summed E-state index contributed by atoms with van der Waals surface area (Å²) < 4.78 is 5.88. The normalized spacial score (nSPS) is 14.8. The first-order chi connectivity index (χ1) is 14.0. The number of benzene rings is 1. The van der Waals surface area contributed by atoms with Gasteiger partial charge in [-0.3, -0.25) is 10.1 Å². The molecule has 8 heteroatoms. The van der Waals surface area contributed by atoms with Crippen molar-refractivity contribution in [1.29, 1.82) is 0 Å². The van der Waals surface area contributed by atoms with Crippen LogP contribution in [0.25, 0.3) is 11.1 Å².